The van der Waals surface area contributed by atoms with Gasteiger partial charge in [0, 0.05) is 98.4 Å². The third-order valence-electron chi connectivity index (χ3n) is 23.6. The van der Waals surface area contributed by atoms with Crippen LogP contribution in [0.3, 0.4) is 0 Å². The van der Waals surface area contributed by atoms with Crippen molar-refractivity contribution < 1.29 is 150 Å². The van der Waals surface area contributed by atoms with Crippen molar-refractivity contribution in [2.24, 2.45) is 74.8 Å². The number of halogens is 12. The molecule has 6 aliphatic rings. The normalized spacial score (nSPS) is 17.2. The maximum atomic E-state index is 13.2. The number of aryl methyl sites for hydroxylation is 6. The Labute approximate surface area is 815 Å². The fourth-order valence-electron chi connectivity index (χ4n) is 12.8. The Hall–Kier alpha value is -6.21. The van der Waals surface area contributed by atoms with Gasteiger partial charge in [0.25, 0.3) is 26.8 Å². The molecule has 12 rings (SSSR count). The van der Waals surface area contributed by atoms with Crippen molar-refractivity contribution in [2.75, 3.05) is 56.2 Å². The van der Waals surface area contributed by atoms with E-state index in [1.807, 2.05) is 0 Å². The first-order chi connectivity index (χ1) is 59.5. The summed E-state index contributed by atoms with van der Waals surface area (Å²) in [6, 6.07) is 0. The number of fused-ring (bicyclic) bond motifs is 3. The van der Waals surface area contributed by atoms with Crippen molar-refractivity contribution in [1.29, 1.82) is 0 Å². The molecule has 0 spiro atoms. The van der Waals surface area contributed by atoms with Crippen molar-refractivity contribution in [3.05, 3.63) is 81.5 Å². The minimum atomic E-state index is -4.85. The number of aromatic nitrogens is 12. The van der Waals surface area contributed by atoms with Crippen molar-refractivity contribution in [3.63, 3.8) is 0 Å². The summed E-state index contributed by atoms with van der Waals surface area (Å²) in [5, 5.41) is 59.8. The molecule has 6 fully saturated rings. The molecular weight excluding hydrogens is 2020 g/mol. The minimum Gasteiger partial charge on any atom is -1.00 e. The van der Waals surface area contributed by atoms with Crippen LogP contribution in [0, 0.1) is 32.5 Å². The number of nitrogens with zero attached hydrogens (tertiary/aromatic N) is 11. The Bertz CT molecular complexity index is 5480. The average Bonchev–Trinajstić information content (AvgIpc) is 1.55. The van der Waals surface area contributed by atoms with Crippen LogP contribution in [0.15, 0.2) is 47.7 Å². The minimum absolute atomic E-state index is 0. The summed E-state index contributed by atoms with van der Waals surface area (Å²) in [6.07, 6.45) is 3.08. The number of aromatic amines is 1. The number of imidazole rings is 3. The number of nitrogens with one attached hydrogen (secondary N) is 1. The van der Waals surface area contributed by atoms with Crippen LogP contribution in [-0.4, -0.2) is 261 Å². The van der Waals surface area contributed by atoms with Gasteiger partial charge < -0.3 is 60.0 Å². The quantitative estimate of drug-likeness (QED) is 0.00740. The molecule has 6 aromatic rings. The maximum absolute atomic E-state index is 13.2. The molecule has 7 N–H and O–H groups in total. The number of rotatable bonds is 22. The molecule has 37 nitrogen and oxygen atoms in total. The van der Waals surface area contributed by atoms with Crippen LogP contribution < -0.4 is 52.6 Å². The van der Waals surface area contributed by atoms with E-state index in [9.17, 15) is 135 Å². The molecule has 0 bridgehead atoms. The van der Waals surface area contributed by atoms with E-state index in [4.69, 9.17) is 18.8 Å². The summed E-state index contributed by atoms with van der Waals surface area (Å²) in [4.78, 5) is 141. The van der Waals surface area contributed by atoms with E-state index in [0.717, 1.165) is 80.0 Å². The Morgan fingerprint density at radius 2 is 0.843 bits per heavy atom. The molecule has 134 heavy (non-hydrogen) atoms. The monoisotopic (exact) mass is 2150 g/mol. The maximum Gasteiger partial charge on any atom is 1.00 e. The number of ketones is 2. The zero-order chi connectivity index (χ0) is 103. The molecule has 2 atom stereocenters. The van der Waals surface area contributed by atoms with E-state index in [2.05, 4.69) is 67.2 Å². The molecule has 6 aromatic heterocycles. The van der Waals surface area contributed by atoms with Gasteiger partial charge in [-0.25, -0.2) is 37.8 Å². The third-order valence-corrected chi connectivity index (χ3v) is 27.7. The zero-order valence-electron chi connectivity index (χ0n) is 80.5. The van der Waals surface area contributed by atoms with Gasteiger partial charge in [0.15, 0.2) is 70.1 Å². The van der Waals surface area contributed by atoms with Gasteiger partial charge >= 0.3 is 72.0 Å². The number of aliphatic hydroxyl groups is 6. The second kappa shape index (κ2) is 48.3. The summed E-state index contributed by atoms with van der Waals surface area (Å²) < 4.78 is 183. The fraction of sp³-hybridized carbons (Fsp3) is 0.750. The van der Waals surface area contributed by atoms with Crippen LogP contribution in [0.4, 0.5) is 39.5 Å². The second-order valence-electron chi connectivity index (χ2n) is 36.1. The topological polar surface area (TPSA) is 508 Å². The van der Waals surface area contributed by atoms with Gasteiger partial charge in [-0.15, -0.1) is 0 Å². The Balaban J connectivity index is 0. The molecule has 6 heterocycles. The number of hydrogen-bond donors (Lipinski definition) is 7. The summed E-state index contributed by atoms with van der Waals surface area (Å²) in [7, 11) is 4.24. The van der Waals surface area contributed by atoms with Gasteiger partial charge in [-0.3, -0.25) is 70.4 Å². The molecule has 6 saturated carbocycles. The van der Waals surface area contributed by atoms with Crippen LogP contribution in [0.1, 0.15) is 175 Å². The fourth-order valence-corrected chi connectivity index (χ4v) is 13.3. The molecular formula is C80H130AlBr2ClF9LiN12O25S2Si. The Kier molecular flexibility index (Phi) is 46.1. The summed E-state index contributed by atoms with van der Waals surface area (Å²) in [5.74, 6) is -5.17. The van der Waals surface area contributed by atoms with Crippen molar-refractivity contribution in [2.45, 2.75) is 252 Å². The Morgan fingerprint density at radius 3 is 1.07 bits per heavy atom. The average molecular weight is 2150 g/mol. The standard InChI is InChI=1S/2C14H17F3N4O3.C9H16O3.C8H16O4S.C8H12O3.C7H8N4O2.C7H14O2.C6H10O3.C4H9F3Si.C2H4Br2.CH3ClO2S.Al.Li.4H/c2*1-12(24,14(15,16)17)13(4-5-13)6-21-10(22)8-9(18-7-19(8)2)20(3)11(21)23;1-4-12-7(10)9(5-6-9)8(2,3)11;1-7(2,9)8(4-5-8)6-12-13(3,10)11;1-3-11-7(10)8(4-5-8)6(2)9;1-10-3-8-5-4(10)6(12)9-7(13)11(5)2;1-6(2,9)7(5-8)3-4-7;1-3-9-6(8)4-5(2)7;1-8(2,3)4(5,6)7;3-1-2-4;1-5(2,3)4;;;;;;/h2*7,24H,4-6H2,1-3H3;11H,4-6H2,1-3H3;9H,4-6H2,1-3H3;3-5H2,1-2H3;3H,1-2H3,(H,9,12,13);8-9H,3-5H2,1-2H3;3-4H2,1-2H3;1-3H3;1-2H2;1H3;;;;;;/q;;;;;;;;;;;;+1;;;;-1. The summed E-state index contributed by atoms with van der Waals surface area (Å²) in [6.45, 7) is 23.8. The van der Waals surface area contributed by atoms with Crippen LogP contribution in [0.25, 0.3) is 33.5 Å². The van der Waals surface area contributed by atoms with E-state index in [1.165, 1.54) is 80.3 Å². The molecule has 764 valence electrons. The predicted octanol–water partition coefficient (Wildman–Crippen LogP) is 3.93. The number of esters is 3. The van der Waals surface area contributed by atoms with Crippen LogP contribution >= 0.6 is 42.5 Å². The first-order valence-corrected chi connectivity index (χ1v) is 51.4. The number of carbonyl (C=O) groups is 5. The number of hydrogen-bond acceptors (Lipinski definition) is 28. The van der Waals surface area contributed by atoms with Gasteiger partial charge in [0.05, 0.1) is 86.7 Å². The van der Waals surface area contributed by atoms with Crippen LogP contribution in [0.2, 0.25) is 19.6 Å². The van der Waals surface area contributed by atoms with Gasteiger partial charge in [-0.1, -0.05) is 51.5 Å². The zero-order valence-corrected chi connectivity index (χ0v) is 86.1. The molecule has 2 unspecified atom stereocenters. The molecule has 0 aliphatic heterocycles. The third kappa shape index (κ3) is 33.2. The summed E-state index contributed by atoms with van der Waals surface area (Å²) >= 11 is 6.40. The molecule has 0 amide bonds. The number of Topliss-reactive ketones (excluding diaryl/α,β-unsaturated/α-hetero) is 2. The number of aliphatic hydroxyl groups excluding tert-OH is 1. The van der Waals surface area contributed by atoms with E-state index in [0.29, 0.717) is 57.7 Å². The molecule has 6 aliphatic carbocycles. The number of ether oxygens (including phenoxy) is 3. The Morgan fingerprint density at radius 1 is 0.530 bits per heavy atom. The largest absolute Gasteiger partial charge is 1.00 e. The van der Waals surface area contributed by atoms with E-state index < -0.39 is 148 Å². The first kappa shape index (κ1) is 128. The molecule has 0 aromatic carbocycles. The number of alkyl halides is 11. The van der Waals surface area contributed by atoms with Gasteiger partial charge in [0.2, 0.25) is 9.05 Å². The van der Waals surface area contributed by atoms with E-state index >= 15 is 0 Å². The summed E-state index contributed by atoms with van der Waals surface area (Å²) in [5.41, 5.74) is -15.9. The predicted molar refractivity (Wildman–Crippen MR) is 492 cm³/mol. The van der Waals surface area contributed by atoms with Crippen LogP contribution in [-0.2, 0) is 117 Å². The van der Waals surface area contributed by atoms with Gasteiger partial charge in [-0.2, -0.15) is 47.9 Å². The number of H-pyrrole nitrogens is 1. The van der Waals surface area contributed by atoms with Gasteiger partial charge in [-0.05, 0) is 167 Å². The van der Waals surface area contributed by atoms with Crippen molar-refractivity contribution in [3.8, 4) is 0 Å². The smallest absolute Gasteiger partial charge is 1.00 e. The molecule has 0 radical (unpaired) electrons. The van der Waals surface area contributed by atoms with Crippen LogP contribution in [0.5, 0.6) is 0 Å². The first-order valence-electron chi connectivity index (χ1n) is 41.2. The van der Waals surface area contributed by atoms with E-state index in [-0.39, 0.29) is 140 Å². The van der Waals surface area contributed by atoms with Gasteiger partial charge in [0.1, 0.15) is 23.4 Å². The SMILES string of the molecule is BrCCBr.CC(C)(O)C1(CO)CC1.CC(C)(O)C1(COS(C)(=O)=O)CC1.CCOC(=O)C1(C(C)(C)O)CC1.CCOC(=O)C1(C(C)=O)CC1.CCOC(=O)CC(C)=O.CS(=O)(=O)Cl.C[Si](C)(C)C(F)(F)F.Cn1cnc2c1c(=O)[nH]c(=O)n2C.Cn1cnc2c1c(=O)n(CC1(C(C)(O)C(F)(F)F)CC1)c(=O)n2C.Cn1cnc2c1c(=O)n(CC1(C(C)(O)C(F)(F)F)CC1)c(=O)n2C.[AlH3].[H-].[Li+]. The number of carbonyl (C=O) groups excluding carboxylic acids is 5. The molecule has 0 saturated heterocycles. The molecule has 54 heteroatoms. The van der Waals surface area contributed by atoms with Crippen molar-refractivity contribution >= 4 is 150 Å². The van der Waals surface area contributed by atoms with Crippen molar-refractivity contribution in [1.82, 2.24) is 56.5 Å². The second-order valence-corrected chi connectivity index (χ2v) is 47.4. The van der Waals surface area contributed by atoms with E-state index in [1.54, 1.807) is 95.1 Å².